The molecular weight excluding hydrogens is 683 g/mol. The molecule has 0 bridgehead atoms. The van der Waals surface area contributed by atoms with Gasteiger partial charge in [0.25, 0.3) is 0 Å². The Kier molecular flexibility index (Phi) is 7.36. The van der Waals surface area contributed by atoms with Gasteiger partial charge < -0.3 is 4.74 Å². The van der Waals surface area contributed by atoms with Gasteiger partial charge >= 0.3 is 0 Å². The fraction of sp³-hybridized carbons (Fsp3) is 0.0192. The molecule has 4 nitrogen and oxygen atoms in total. The summed E-state index contributed by atoms with van der Waals surface area (Å²) < 4.78 is 6.59. The van der Waals surface area contributed by atoms with Crippen molar-refractivity contribution in [3.05, 3.63) is 222 Å². The van der Waals surface area contributed by atoms with Crippen molar-refractivity contribution in [3.63, 3.8) is 0 Å². The topological polar surface area (TPSA) is 47.9 Å². The van der Waals surface area contributed by atoms with Crippen LogP contribution in [-0.4, -0.2) is 15.0 Å². The molecule has 0 atom stereocenters. The van der Waals surface area contributed by atoms with Gasteiger partial charge in [0, 0.05) is 27.8 Å². The highest BCUT2D eigenvalue weighted by molar-refractivity contribution is 5.96. The second kappa shape index (κ2) is 12.9. The van der Waals surface area contributed by atoms with Crippen molar-refractivity contribution in [2.75, 3.05) is 0 Å². The summed E-state index contributed by atoms with van der Waals surface area (Å²) in [6, 6.07) is 70.1. The molecule has 0 radical (unpaired) electrons. The lowest BCUT2D eigenvalue weighted by molar-refractivity contribution is 0.436. The molecule has 11 rings (SSSR count). The summed E-state index contributed by atoms with van der Waals surface area (Å²) in [4.78, 5) is 15.9. The van der Waals surface area contributed by atoms with Crippen molar-refractivity contribution in [1.29, 1.82) is 0 Å². The first-order chi connectivity index (χ1) is 27.8. The smallest absolute Gasteiger partial charge is 0.164 e. The quantitative estimate of drug-likeness (QED) is 0.178. The Morgan fingerprint density at radius 1 is 0.304 bits per heavy atom. The van der Waals surface area contributed by atoms with Gasteiger partial charge in [0.15, 0.2) is 17.5 Å². The van der Waals surface area contributed by atoms with Crippen LogP contribution in [0.4, 0.5) is 0 Å². The fourth-order valence-corrected chi connectivity index (χ4v) is 8.78. The summed E-state index contributed by atoms with van der Waals surface area (Å²) in [6.07, 6.45) is 0. The molecule has 0 saturated heterocycles. The van der Waals surface area contributed by atoms with Crippen molar-refractivity contribution < 1.29 is 4.74 Å². The lowest BCUT2D eigenvalue weighted by Gasteiger charge is -2.39. The van der Waals surface area contributed by atoms with Crippen molar-refractivity contribution in [2.45, 2.75) is 5.41 Å². The number of aromatic nitrogens is 3. The highest BCUT2D eigenvalue weighted by atomic mass is 16.5. The number of hydrogen-bond donors (Lipinski definition) is 0. The first kappa shape index (κ1) is 32.0. The second-order valence-corrected chi connectivity index (χ2v) is 14.3. The second-order valence-electron chi connectivity index (χ2n) is 14.3. The van der Waals surface area contributed by atoms with E-state index in [1.165, 1.54) is 11.1 Å². The lowest BCUT2D eigenvalue weighted by atomic mass is 9.66. The average molecular weight is 716 g/mol. The van der Waals surface area contributed by atoms with Crippen LogP contribution in [0.3, 0.4) is 0 Å². The Balaban J connectivity index is 1.19. The highest BCUT2D eigenvalue weighted by Crippen LogP contribution is 2.63. The number of nitrogens with zero attached hydrogens (tertiary/aromatic N) is 3. The summed E-state index contributed by atoms with van der Waals surface area (Å²) in [7, 11) is 0. The van der Waals surface area contributed by atoms with Crippen LogP contribution in [0, 0.1) is 0 Å². The number of ether oxygens (including phenoxy) is 1. The Morgan fingerprint density at radius 3 is 1.34 bits per heavy atom. The molecule has 0 unspecified atom stereocenters. The van der Waals surface area contributed by atoms with E-state index in [0.717, 1.165) is 72.7 Å². The van der Waals surface area contributed by atoms with Crippen molar-refractivity contribution in [3.8, 4) is 79.0 Å². The van der Waals surface area contributed by atoms with Gasteiger partial charge in [-0.15, -0.1) is 0 Å². The van der Waals surface area contributed by atoms with Crippen LogP contribution in [0.2, 0.25) is 0 Å². The molecule has 2 aliphatic rings. The summed E-state index contributed by atoms with van der Waals surface area (Å²) in [5.41, 5.74) is 13.6. The number of rotatable bonds is 5. The molecule has 1 aliphatic heterocycles. The minimum absolute atomic E-state index is 0.597. The molecule has 0 N–H and O–H groups in total. The SMILES string of the molecule is c1ccc(-c2cc(-c3ccccc3)cc(-c3nc(-c4ccccc4)nc(-c4cccc5c4-c4ccccc4C54c5ccccc5Oc5ccccc54)n3)c2)cc1. The molecule has 0 amide bonds. The third kappa shape index (κ3) is 4.96. The monoisotopic (exact) mass is 715 g/mol. The van der Waals surface area contributed by atoms with Crippen LogP contribution in [0.15, 0.2) is 200 Å². The van der Waals surface area contributed by atoms with Crippen molar-refractivity contribution in [2.24, 2.45) is 0 Å². The summed E-state index contributed by atoms with van der Waals surface area (Å²) in [6.45, 7) is 0. The predicted molar refractivity (Wildman–Crippen MR) is 224 cm³/mol. The Labute approximate surface area is 325 Å². The zero-order valence-electron chi connectivity index (χ0n) is 30.3. The zero-order valence-corrected chi connectivity index (χ0v) is 30.3. The minimum atomic E-state index is -0.597. The van der Waals surface area contributed by atoms with Gasteiger partial charge in [0.05, 0.1) is 5.41 Å². The molecule has 1 aliphatic carbocycles. The number of hydrogen-bond acceptors (Lipinski definition) is 4. The summed E-state index contributed by atoms with van der Waals surface area (Å²) in [5, 5.41) is 0. The third-order valence-corrected chi connectivity index (χ3v) is 11.2. The molecular formula is C52H33N3O. The summed E-state index contributed by atoms with van der Waals surface area (Å²) in [5.74, 6) is 3.58. The van der Waals surface area contributed by atoms with Gasteiger partial charge in [0.1, 0.15) is 11.5 Å². The third-order valence-electron chi connectivity index (χ3n) is 11.2. The maximum Gasteiger partial charge on any atom is 0.164 e. The molecule has 8 aromatic carbocycles. The van der Waals surface area contributed by atoms with E-state index in [1.807, 2.05) is 42.5 Å². The molecule has 2 heterocycles. The molecule has 4 heteroatoms. The van der Waals surface area contributed by atoms with E-state index in [0.29, 0.717) is 17.5 Å². The first-order valence-corrected chi connectivity index (χ1v) is 18.9. The molecule has 262 valence electrons. The standard InChI is InChI=1S/C52H33N3O/c1-4-17-34(18-5-1)37-31-38(35-19-6-2-7-20-35)33-39(32-37)50-53-49(36-21-8-3-9-22-36)54-51(55-50)41-24-16-28-45-48(41)40-23-10-11-25-42(40)52(45)43-26-12-14-29-46(43)56-47-30-15-13-27-44(47)52/h1-33H. The average Bonchev–Trinajstić information content (AvgIpc) is 3.58. The Bertz CT molecular complexity index is 2840. The number of benzene rings is 8. The zero-order chi connectivity index (χ0) is 37.1. The van der Waals surface area contributed by atoms with Crippen LogP contribution in [-0.2, 0) is 5.41 Å². The number of para-hydroxylation sites is 2. The van der Waals surface area contributed by atoms with Gasteiger partial charge in [-0.1, -0.05) is 170 Å². The van der Waals surface area contributed by atoms with E-state index >= 15 is 0 Å². The first-order valence-electron chi connectivity index (χ1n) is 18.9. The Morgan fingerprint density at radius 2 is 0.732 bits per heavy atom. The summed E-state index contributed by atoms with van der Waals surface area (Å²) >= 11 is 0. The van der Waals surface area contributed by atoms with Crippen LogP contribution in [0.5, 0.6) is 11.5 Å². The fourth-order valence-electron chi connectivity index (χ4n) is 8.78. The van der Waals surface area contributed by atoms with E-state index in [1.54, 1.807) is 0 Å². The van der Waals surface area contributed by atoms with Gasteiger partial charge in [-0.2, -0.15) is 0 Å². The van der Waals surface area contributed by atoms with E-state index < -0.39 is 5.41 Å². The molecule has 56 heavy (non-hydrogen) atoms. The molecule has 1 aromatic heterocycles. The van der Waals surface area contributed by atoms with Crippen LogP contribution in [0.25, 0.3) is 67.5 Å². The lowest BCUT2D eigenvalue weighted by Crippen LogP contribution is -2.32. The van der Waals surface area contributed by atoms with Gasteiger partial charge in [-0.3, -0.25) is 0 Å². The van der Waals surface area contributed by atoms with Crippen LogP contribution < -0.4 is 4.74 Å². The van der Waals surface area contributed by atoms with E-state index in [2.05, 4.69) is 158 Å². The molecule has 1 spiro atoms. The maximum absolute atomic E-state index is 6.59. The van der Waals surface area contributed by atoms with Crippen molar-refractivity contribution in [1.82, 2.24) is 15.0 Å². The largest absolute Gasteiger partial charge is 0.457 e. The van der Waals surface area contributed by atoms with Gasteiger partial charge in [-0.05, 0) is 74.8 Å². The minimum Gasteiger partial charge on any atom is -0.457 e. The maximum atomic E-state index is 6.59. The van der Waals surface area contributed by atoms with E-state index in [-0.39, 0.29) is 0 Å². The van der Waals surface area contributed by atoms with Crippen molar-refractivity contribution >= 4 is 0 Å². The van der Waals surface area contributed by atoms with Crippen LogP contribution in [0.1, 0.15) is 22.3 Å². The predicted octanol–water partition coefficient (Wildman–Crippen LogP) is 12.7. The van der Waals surface area contributed by atoms with E-state index in [4.69, 9.17) is 19.7 Å². The van der Waals surface area contributed by atoms with Gasteiger partial charge in [-0.25, -0.2) is 15.0 Å². The van der Waals surface area contributed by atoms with Crippen LogP contribution >= 0.6 is 0 Å². The molecule has 9 aromatic rings. The molecule has 0 fully saturated rings. The highest BCUT2D eigenvalue weighted by Gasteiger charge is 2.51. The van der Waals surface area contributed by atoms with Gasteiger partial charge in [0.2, 0.25) is 0 Å². The van der Waals surface area contributed by atoms with E-state index in [9.17, 15) is 0 Å². The molecule has 0 saturated carbocycles. The Hall–Kier alpha value is -7.43. The normalized spacial score (nSPS) is 12.9. The number of fused-ring (bicyclic) bond motifs is 9.